The van der Waals surface area contributed by atoms with Crippen molar-refractivity contribution in [2.24, 2.45) is 4.99 Å². The number of aliphatic imine (C=N–C) groups is 1. The minimum Gasteiger partial charge on any atom is -0.257 e. The molecule has 0 unspecified atom stereocenters. The standard InChI is InChI=1S/C16H15N/c1-3-9-15(10-4-1)11-7-8-14-17-16-12-5-2-6-13-16/h1-10,12-14H,11H2. The second kappa shape index (κ2) is 6.44. The molecule has 2 rings (SSSR count). The van der Waals surface area contributed by atoms with Gasteiger partial charge < -0.3 is 0 Å². The van der Waals surface area contributed by atoms with Crippen LogP contribution in [-0.2, 0) is 6.42 Å². The van der Waals surface area contributed by atoms with Gasteiger partial charge in [0.15, 0.2) is 0 Å². The van der Waals surface area contributed by atoms with Gasteiger partial charge in [0.1, 0.15) is 0 Å². The average Bonchev–Trinajstić information content (AvgIpc) is 2.41. The van der Waals surface area contributed by atoms with Gasteiger partial charge in [-0.2, -0.15) is 0 Å². The summed E-state index contributed by atoms with van der Waals surface area (Å²) in [6.45, 7) is 0. The molecule has 0 saturated heterocycles. The summed E-state index contributed by atoms with van der Waals surface area (Å²) in [7, 11) is 0. The first-order valence-corrected chi connectivity index (χ1v) is 5.73. The Kier molecular flexibility index (Phi) is 4.29. The van der Waals surface area contributed by atoms with E-state index in [2.05, 4.69) is 35.3 Å². The number of hydrogen-bond donors (Lipinski definition) is 0. The first-order chi connectivity index (χ1) is 8.45. The van der Waals surface area contributed by atoms with E-state index < -0.39 is 0 Å². The van der Waals surface area contributed by atoms with Crippen LogP contribution in [0.15, 0.2) is 77.8 Å². The molecule has 0 spiro atoms. The molecule has 0 saturated carbocycles. The summed E-state index contributed by atoms with van der Waals surface area (Å²) >= 11 is 0. The Morgan fingerprint density at radius 1 is 0.824 bits per heavy atom. The fourth-order valence-corrected chi connectivity index (χ4v) is 1.52. The lowest BCUT2D eigenvalue weighted by Gasteiger charge is -1.93. The summed E-state index contributed by atoms with van der Waals surface area (Å²) < 4.78 is 0. The predicted molar refractivity (Wildman–Crippen MR) is 73.9 cm³/mol. The van der Waals surface area contributed by atoms with Crippen LogP contribution in [0.3, 0.4) is 0 Å². The molecule has 1 nitrogen and oxygen atoms in total. The fourth-order valence-electron chi connectivity index (χ4n) is 1.52. The van der Waals surface area contributed by atoms with Gasteiger partial charge in [0.05, 0.1) is 5.69 Å². The van der Waals surface area contributed by atoms with Gasteiger partial charge in [-0.1, -0.05) is 54.6 Å². The molecule has 0 radical (unpaired) electrons. The number of rotatable bonds is 4. The minimum atomic E-state index is 0.946. The van der Waals surface area contributed by atoms with E-state index in [0.29, 0.717) is 0 Å². The van der Waals surface area contributed by atoms with Gasteiger partial charge in [-0.15, -0.1) is 0 Å². The van der Waals surface area contributed by atoms with Crippen LogP contribution < -0.4 is 0 Å². The van der Waals surface area contributed by atoms with Crippen molar-refractivity contribution in [3.63, 3.8) is 0 Å². The van der Waals surface area contributed by atoms with Crippen molar-refractivity contribution in [1.29, 1.82) is 0 Å². The number of para-hydroxylation sites is 1. The monoisotopic (exact) mass is 221 g/mol. The highest BCUT2D eigenvalue weighted by molar-refractivity contribution is 5.74. The third kappa shape index (κ3) is 4.07. The van der Waals surface area contributed by atoms with Crippen molar-refractivity contribution in [3.8, 4) is 0 Å². The fraction of sp³-hybridized carbons (Fsp3) is 0.0625. The van der Waals surface area contributed by atoms with Gasteiger partial charge in [-0.05, 0) is 30.2 Å². The van der Waals surface area contributed by atoms with Crippen LogP contribution in [0.5, 0.6) is 0 Å². The van der Waals surface area contributed by atoms with Gasteiger partial charge in [0, 0.05) is 6.21 Å². The molecule has 0 aliphatic heterocycles. The third-order valence-electron chi connectivity index (χ3n) is 2.40. The van der Waals surface area contributed by atoms with E-state index in [9.17, 15) is 0 Å². The lowest BCUT2D eigenvalue weighted by Crippen LogP contribution is -1.78. The molecule has 0 aliphatic carbocycles. The summed E-state index contributed by atoms with van der Waals surface area (Å²) in [5.74, 6) is 0. The molecule has 0 fully saturated rings. The number of benzene rings is 2. The smallest absolute Gasteiger partial charge is 0.0629 e. The minimum absolute atomic E-state index is 0.946. The molecule has 0 aliphatic rings. The molecule has 1 heteroatoms. The maximum atomic E-state index is 4.33. The maximum absolute atomic E-state index is 4.33. The maximum Gasteiger partial charge on any atom is 0.0629 e. The first kappa shape index (κ1) is 11.3. The van der Waals surface area contributed by atoms with Crippen molar-refractivity contribution in [2.45, 2.75) is 6.42 Å². The molecule has 17 heavy (non-hydrogen) atoms. The first-order valence-electron chi connectivity index (χ1n) is 5.73. The highest BCUT2D eigenvalue weighted by Crippen LogP contribution is 2.08. The van der Waals surface area contributed by atoms with Crippen LogP contribution in [0.2, 0.25) is 0 Å². The molecule has 0 N–H and O–H groups in total. The normalized spacial score (nSPS) is 11.3. The van der Waals surface area contributed by atoms with E-state index in [4.69, 9.17) is 0 Å². The summed E-state index contributed by atoms with van der Waals surface area (Å²) in [6.07, 6.45) is 6.88. The Balaban J connectivity index is 1.85. The summed E-state index contributed by atoms with van der Waals surface area (Å²) in [5, 5.41) is 0. The van der Waals surface area contributed by atoms with Crippen LogP contribution >= 0.6 is 0 Å². The topological polar surface area (TPSA) is 12.4 Å². The Bertz CT molecular complexity index is 483. The molecule has 2 aromatic rings. The quantitative estimate of drug-likeness (QED) is 0.686. The van der Waals surface area contributed by atoms with Crippen LogP contribution in [0.4, 0.5) is 5.69 Å². The summed E-state index contributed by atoms with van der Waals surface area (Å²) in [4.78, 5) is 4.33. The SMILES string of the molecule is C(=CCc1ccccc1)C=Nc1ccccc1. The lowest BCUT2D eigenvalue weighted by atomic mass is 10.1. The van der Waals surface area contributed by atoms with E-state index in [-0.39, 0.29) is 0 Å². The molecular weight excluding hydrogens is 206 g/mol. The number of allylic oxidation sites excluding steroid dienone is 2. The van der Waals surface area contributed by atoms with Crippen LogP contribution in [-0.4, -0.2) is 6.21 Å². The Morgan fingerprint density at radius 2 is 1.47 bits per heavy atom. The molecule has 84 valence electrons. The largest absolute Gasteiger partial charge is 0.257 e. The lowest BCUT2D eigenvalue weighted by molar-refractivity contribution is 1.27. The van der Waals surface area contributed by atoms with Crippen LogP contribution in [0, 0.1) is 0 Å². The molecule has 0 atom stereocenters. The predicted octanol–water partition coefficient (Wildman–Crippen LogP) is 4.19. The van der Waals surface area contributed by atoms with E-state index in [1.54, 1.807) is 0 Å². The van der Waals surface area contributed by atoms with E-state index >= 15 is 0 Å². The van der Waals surface area contributed by atoms with E-state index in [0.717, 1.165) is 12.1 Å². The number of nitrogens with zero attached hydrogens (tertiary/aromatic N) is 1. The molecule has 2 aromatic carbocycles. The van der Waals surface area contributed by atoms with Gasteiger partial charge in [0.25, 0.3) is 0 Å². The van der Waals surface area contributed by atoms with Gasteiger partial charge in [0.2, 0.25) is 0 Å². The van der Waals surface area contributed by atoms with Crippen molar-refractivity contribution >= 4 is 11.9 Å². The second-order valence-corrected chi connectivity index (χ2v) is 3.73. The molecule has 0 heterocycles. The number of hydrogen-bond acceptors (Lipinski definition) is 1. The van der Waals surface area contributed by atoms with Crippen molar-refractivity contribution in [3.05, 3.63) is 78.4 Å². The zero-order valence-electron chi connectivity index (χ0n) is 9.66. The van der Waals surface area contributed by atoms with Crippen molar-refractivity contribution in [1.82, 2.24) is 0 Å². The van der Waals surface area contributed by atoms with Crippen LogP contribution in [0.25, 0.3) is 0 Å². The molecule has 0 amide bonds. The third-order valence-corrected chi connectivity index (χ3v) is 2.40. The average molecular weight is 221 g/mol. The summed E-state index contributed by atoms with van der Waals surface area (Å²) in [6, 6.07) is 20.3. The van der Waals surface area contributed by atoms with Gasteiger partial charge in [-0.3, -0.25) is 4.99 Å². The van der Waals surface area contributed by atoms with Crippen molar-refractivity contribution < 1.29 is 0 Å². The zero-order chi connectivity index (χ0) is 11.8. The Hall–Kier alpha value is -2.15. The Morgan fingerprint density at radius 3 is 2.18 bits per heavy atom. The zero-order valence-corrected chi connectivity index (χ0v) is 9.66. The molecule has 0 bridgehead atoms. The van der Waals surface area contributed by atoms with Gasteiger partial charge >= 0.3 is 0 Å². The van der Waals surface area contributed by atoms with E-state index in [1.165, 1.54) is 5.56 Å². The van der Waals surface area contributed by atoms with Crippen molar-refractivity contribution in [2.75, 3.05) is 0 Å². The molecular formula is C16H15N. The summed E-state index contributed by atoms with van der Waals surface area (Å²) in [5.41, 5.74) is 2.30. The van der Waals surface area contributed by atoms with E-state index in [1.807, 2.05) is 48.7 Å². The highest BCUT2D eigenvalue weighted by atomic mass is 14.7. The van der Waals surface area contributed by atoms with Gasteiger partial charge in [-0.25, -0.2) is 0 Å². The molecule has 0 aromatic heterocycles. The highest BCUT2D eigenvalue weighted by Gasteiger charge is 1.84. The van der Waals surface area contributed by atoms with Crippen LogP contribution in [0.1, 0.15) is 5.56 Å². The Labute approximate surface area is 102 Å². The second-order valence-electron chi connectivity index (χ2n) is 3.73.